The van der Waals surface area contributed by atoms with E-state index >= 15 is 0 Å². The number of carbonyl (C=O) groups excluding carboxylic acids is 1. The van der Waals surface area contributed by atoms with Crippen molar-refractivity contribution in [2.75, 3.05) is 0 Å². The molecule has 0 unspecified atom stereocenters. The van der Waals surface area contributed by atoms with Crippen molar-refractivity contribution >= 4 is 17.4 Å². The Morgan fingerprint density at radius 1 is 1.39 bits per heavy atom. The van der Waals surface area contributed by atoms with Crippen molar-refractivity contribution in [1.29, 1.82) is 0 Å². The molecule has 1 aromatic heterocycles. The predicted molar refractivity (Wildman–Crippen MR) is 68.4 cm³/mol. The van der Waals surface area contributed by atoms with Crippen molar-refractivity contribution in [3.05, 3.63) is 64.2 Å². The van der Waals surface area contributed by atoms with Crippen molar-refractivity contribution in [2.24, 2.45) is 0 Å². The quantitative estimate of drug-likeness (QED) is 0.792. The highest BCUT2D eigenvalue weighted by Gasteiger charge is 2.13. The Labute approximate surface area is 109 Å². The van der Waals surface area contributed by atoms with Crippen molar-refractivity contribution < 1.29 is 9.18 Å². The van der Waals surface area contributed by atoms with E-state index in [1.807, 2.05) is 0 Å². The van der Waals surface area contributed by atoms with E-state index in [0.29, 0.717) is 5.02 Å². The Morgan fingerprint density at radius 2 is 2.17 bits per heavy atom. The zero-order valence-electron chi connectivity index (χ0n) is 9.78. The van der Waals surface area contributed by atoms with Crippen LogP contribution in [0.3, 0.4) is 0 Å². The minimum atomic E-state index is -0.306. The molecule has 0 saturated carbocycles. The summed E-state index contributed by atoms with van der Waals surface area (Å²) in [6.45, 7) is 1.77. The highest BCUT2D eigenvalue weighted by molar-refractivity contribution is 6.33. The molecule has 92 valence electrons. The molecular formula is C14H11ClFNO. The van der Waals surface area contributed by atoms with Crippen molar-refractivity contribution in [3.8, 4) is 0 Å². The third-order valence-electron chi connectivity index (χ3n) is 2.68. The fourth-order valence-electron chi connectivity index (χ4n) is 1.71. The molecule has 4 heteroatoms. The van der Waals surface area contributed by atoms with Crippen LogP contribution in [0.2, 0.25) is 5.02 Å². The number of halogens is 2. The van der Waals surface area contributed by atoms with Gasteiger partial charge in [-0.05, 0) is 42.3 Å². The highest BCUT2D eigenvalue weighted by atomic mass is 35.5. The van der Waals surface area contributed by atoms with E-state index in [2.05, 4.69) is 4.98 Å². The summed E-state index contributed by atoms with van der Waals surface area (Å²) in [4.78, 5) is 16.0. The van der Waals surface area contributed by atoms with Gasteiger partial charge in [-0.1, -0.05) is 17.7 Å². The Bertz CT molecular complexity index is 598. The van der Waals surface area contributed by atoms with Crippen LogP contribution in [-0.4, -0.2) is 10.8 Å². The second-order valence-corrected chi connectivity index (χ2v) is 4.41. The first kappa shape index (κ1) is 12.7. The number of aromatic nitrogens is 1. The van der Waals surface area contributed by atoms with Gasteiger partial charge in [0, 0.05) is 12.6 Å². The predicted octanol–water partition coefficient (Wildman–Crippen LogP) is 3.61. The number of rotatable bonds is 3. The van der Waals surface area contributed by atoms with E-state index in [1.54, 1.807) is 25.1 Å². The van der Waals surface area contributed by atoms with Crippen LogP contribution in [0.5, 0.6) is 0 Å². The lowest BCUT2D eigenvalue weighted by molar-refractivity contribution is 0.0988. The molecule has 0 radical (unpaired) electrons. The number of Topliss-reactive ketones (excluding diaryl/α,β-unsaturated/α-hetero) is 1. The lowest BCUT2D eigenvalue weighted by Crippen LogP contribution is -2.07. The van der Waals surface area contributed by atoms with Gasteiger partial charge in [-0.3, -0.25) is 9.78 Å². The van der Waals surface area contributed by atoms with Crippen LogP contribution in [0.15, 0.2) is 36.5 Å². The highest BCUT2D eigenvalue weighted by Crippen LogP contribution is 2.17. The van der Waals surface area contributed by atoms with Gasteiger partial charge in [0.15, 0.2) is 5.78 Å². The standard InChI is InChI=1S/C14H11ClFNO/c1-9-7-11(16)5-4-10(9)8-13(18)14-12(15)3-2-6-17-14/h2-7H,8H2,1H3. The molecule has 18 heavy (non-hydrogen) atoms. The summed E-state index contributed by atoms with van der Waals surface area (Å²) in [6, 6.07) is 7.65. The summed E-state index contributed by atoms with van der Waals surface area (Å²) in [5, 5.41) is 0.335. The molecule has 0 aliphatic heterocycles. The molecule has 0 atom stereocenters. The van der Waals surface area contributed by atoms with Crippen LogP contribution in [-0.2, 0) is 6.42 Å². The van der Waals surface area contributed by atoms with Gasteiger partial charge in [-0.2, -0.15) is 0 Å². The van der Waals surface area contributed by atoms with E-state index < -0.39 is 0 Å². The Morgan fingerprint density at radius 3 is 2.83 bits per heavy atom. The molecule has 2 aromatic rings. The number of hydrogen-bond acceptors (Lipinski definition) is 2. The second kappa shape index (κ2) is 5.27. The van der Waals surface area contributed by atoms with Gasteiger partial charge in [-0.25, -0.2) is 4.39 Å². The fourth-order valence-corrected chi connectivity index (χ4v) is 1.93. The van der Waals surface area contributed by atoms with E-state index in [9.17, 15) is 9.18 Å². The van der Waals surface area contributed by atoms with Crippen LogP contribution in [0, 0.1) is 12.7 Å². The van der Waals surface area contributed by atoms with Crippen molar-refractivity contribution in [2.45, 2.75) is 13.3 Å². The van der Waals surface area contributed by atoms with E-state index in [0.717, 1.165) is 11.1 Å². The van der Waals surface area contributed by atoms with Gasteiger partial charge in [0.1, 0.15) is 11.5 Å². The summed E-state index contributed by atoms with van der Waals surface area (Å²) in [5.74, 6) is -0.477. The Hall–Kier alpha value is -1.74. The number of hydrogen-bond donors (Lipinski definition) is 0. The van der Waals surface area contributed by atoms with Gasteiger partial charge in [0.25, 0.3) is 0 Å². The molecule has 1 aromatic carbocycles. The molecule has 2 nitrogen and oxygen atoms in total. The normalized spacial score (nSPS) is 10.4. The minimum absolute atomic E-state index is 0.169. The molecule has 0 bridgehead atoms. The van der Waals surface area contributed by atoms with Gasteiger partial charge in [0.2, 0.25) is 0 Å². The van der Waals surface area contributed by atoms with Gasteiger partial charge >= 0.3 is 0 Å². The number of pyridine rings is 1. The fraction of sp³-hybridized carbons (Fsp3) is 0.143. The van der Waals surface area contributed by atoms with Crippen LogP contribution in [0.25, 0.3) is 0 Å². The van der Waals surface area contributed by atoms with E-state index in [-0.39, 0.29) is 23.7 Å². The number of benzene rings is 1. The lowest BCUT2D eigenvalue weighted by atomic mass is 10.0. The smallest absolute Gasteiger partial charge is 0.187 e. The maximum atomic E-state index is 13.0. The van der Waals surface area contributed by atoms with E-state index in [1.165, 1.54) is 18.3 Å². The van der Waals surface area contributed by atoms with Gasteiger partial charge in [-0.15, -0.1) is 0 Å². The largest absolute Gasteiger partial charge is 0.292 e. The molecule has 0 spiro atoms. The molecule has 0 fully saturated rings. The molecule has 1 heterocycles. The third-order valence-corrected chi connectivity index (χ3v) is 2.98. The molecule has 0 N–H and O–H groups in total. The topological polar surface area (TPSA) is 30.0 Å². The maximum Gasteiger partial charge on any atom is 0.187 e. The third kappa shape index (κ3) is 2.74. The Kier molecular flexibility index (Phi) is 3.72. The summed E-state index contributed by atoms with van der Waals surface area (Å²) in [7, 11) is 0. The first-order chi connectivity index (χ1) is 8.58. The van der Waals surface area contributed by atoms with E-state index in [4.69, 9.17) is 11.6 Å². The van der Waals surface area contributed by atoms with Crippen LogP contribution in [0.1, 0.15) is 21.6 Å². The van der Waals surface area contributed by atoms with Gasteiger partial charge in [0.05, 0.1) is 5.02 Å². The molecule has 0 saturated heterocycles. The molecule has 0 amide bonds. The molecule has 0 aliphatic rings. The Balaban J connectivity index is 2.24. The average molecular weight is 264 g/mol. The van der Waals surface area contributed by atoms with Crippen molar-refractivity contribution in [1.82, 2.24) is 4.98 Å². The zero-order valence-corrected chi connectivity index (χ0v) is 10.5. The number of ketones is 1. The number of aryl methyl sites for hydroxylation is 1. The molecular weight excluding hydrogens is 253 g/mol. The first-order valence-corrected chi connectivity index (χ1v) is 5.84. The second-order valence-electron chi connectivity index (χ2n) is 4.00. The summed E-state index contributed by atoms with van der Waals surface area (Å²) in [5.41, 5.74) is 1.78. The number of nitrogens with zero attached hydrogens (tertiary/aromatic N) is 1. The van der Waals surface area contributed by atoms with Crippen molar-refractivity contribution in [3.63, 3.8) is 0 Å². The first-order valence-electron chi connectivity index (χ1n) is 5.46. The average Bonchev–Trinajstić information content (AvgIpc) is 2.33. The van der Waals surface area contributed by atoms with Gasteiger partial charge < -0.3 is 0 Å². The summed E-state index contributed by atoms with van der Waals surface area (Å²) in [6.07, 6.45) is 1.69. The molecule has 0 aliphatic carbocycles. The summed E-state index contributed by atoms with van der Waals surface area (Å²) >= 11 is 5.91. The molecule has 2 rings (SSSR count). The van der Waals surface area contributed by atoms with Crippen LogP contribution in [0.4, 0.5) is 4.39 Å². The SMILES string of the molecule is Cc1cc(F)ccc1CC(=O)c1ncccc1Cl. The zero-order chi connectivity index (χ0) is 13.1. The minimum Gasteiger partial charge on any atom is -0.292 e. The summed E-state index contributed by atoms with van der Waals surface area (Å²) < 4.78 is 13.0. The van der Waals surface area contributed by atoms with Crippen LogP contribution < -0.4 is 0 Å². The monoisotopic (exact) mass is 263 g/mol. The lowest BCUT2D eigenvalue weighted by Gasteiger charge is -2.06. The maximum absolute atomic E-state index is 13.0. The number of carbonyl (C=O) groups is 1. The van der Waals surface area contributed by atoms with Crippen LogP contribution >= 0.6 is 11.6 Å².